The Morgan fingerprint density at radius 3 is 2.62 bits per heavy atom. The first-order valence-corrected chi connectivity index (χ1v) is 11.5. The highest BCUT2D eigenvalue weighted by atomic mass is 19.3. The van der Waals surface area contributed by atoms with Crippen molar-refractivity contribution in [1.29, 1.82) is 5.26 Å². The van der Waals surface area contributed by atoms with Crippen molar-refractivity contribution in [1.82, 2.24) is 15.5 Å². The van der Waals surface area contributed by atoms with E-state index in [1.54, 1.807) is 30.3 Å². The maximum Gasteiger partial charge on any atom is 0.259 e. The molecule has 1 aromatic rings. The molecule has 3 amide bonds. The fourth-order valence-electron chi connectivity index (χ4n) is 5.49. The Morgan fingerprint density at radius 2 is 2.03 bits per heavy atom. The summed E-state index contributed by atoms with van der Waals surface area (Å²) in [6.07, 6.45) is 0.340. The molecule has 6 atom stereocenters. The van der Waals surface area contributed by atoms with E-state index in [2.05, 4.69) is 10.6 Å². The summed E-state index contributed by atoms with van der Waals surface area (Å²) in [5, 5.41) is 25.8. The van der Waals surface area contributed by atoms with Gasteiger partial charge in [0.05, 0.1) is 12.0 Å². The summed E-state index contributed by atoms with van der Waals surface area (Å²) in [6.45, 7) is 1.77. The lowest BCUT2D eigenvalue weighted by Crippen LogP contribution is -2.70. The molecule has 3 N–H and O–H groups in total. The van der Waals surface area contributed by atoms with Crippen LogP contribution in [0, 0.1) is 23.2 Å². The molecule has 3 saturated heterocycles. The topological polar surface area (TPSA) is 123 Å². The molecule has 0 radical (unpaired) electrons. The summed E-state index contributed by atoms with van der Waals surface area (Å²) in [7, 11) is 0. The summed E-state index contributed by atoms with van der Waals surface area (Å²) < 4.78 is 29.7. The Balaban J connectivity index is 1.60. The van der Waals surface area contributed by atoms with Crippen LogP contribution in [0.3, 0.4) is 0 Å². The van der Waals surface area contributed by atoms with Crippen LogP contribution in [0.5, 0.6) is 0 Å². The van der Waals surface area contributed by atoms with Gasteiger partial charge in [0.15, 0.2) is 5.60 Å². The van der Waals surface area contributed by atoms with Crippen molar-refractivity contribution in [2.24, 2.45) is 11.8 Å². The molecule has 1 aliphatic carbocycles. The number of amides is 3. The predicted octanol–water partition coefficient (Wildman–Crippen LogP) is 1.44. The Labute approximate surface area is 196 Å². The van der Waals surface area contributed by atoms with Gasteiger partial charge in [-0.2, -0.15) is 5.26 Å². The van der Waals surface area contributed by atoms with Crippen LogP contribution < -0.4 is 10.6 Å². The van der Waals surface area contributed by atoms with E-state index in [1.165, 1.54) is 6.92 Å². The van der Waals surface area contributed by atoms with Gasteiger partial charge in [0.1, 0.15) is 12.1 Å². The second-order valence-electron chi connectivity index (χ2n) is 9.60. The number of nitriles is 1. The van der Waals surface area contributed by atoms with Gasteiger partial charge in [0.2, 0.25) is 11.8 Å². The molecular weight excluding hydrogens is 446 g/mol. The average Bonchev–Trinajstić information content (AvgIpc) is 3.21. The van der Waals surface area contributed by atoms with Crippen LogP contribution in [0.2, 0.25) is 0 Å². The number of piperidine rings is 2. The second kappa shape index (κ2) is 8.95. The number of alkyl halides is 2. The smallest absolute Gasteiger partial charge is 0.259 e. The molecule has 0 unspecified atom stereocenters. The Morgan fingerprint density at radius 1 is 1.32 bits per heavy atom. The molecule has 8 nitrogen and oxygen atoms in total. The minimum atomic E-state index is -3.16. The molecule has 0 spiro atoms. The fraction of sp³-hybridized carbons (Fsp3) is 0.583. The van der Waals surface area contributed by atoms with Gasteiger partial charge in [0.25, 0.3) is 11.8 Å². The largest absolute Gasteiger partial charge is 0.376 e. The first kappa shape index (κ1) is 24.1. The van der Waals surface area contributed by atoms with Crippen molar-refractivity contribution < 1.29 is 28.3 Å². The van der Waals surface area contributed by atoms with Crippen LogP contribution in [0.4, 0.5) is 8.78 Å². The van der Waals surface area contributed by atoms with E-state index in [0.717, 1.165) is 4.90 Å². The van der Waals surface area contributed by atoms with E-state index in [1.807, 2.05) is 6.07 Å². The third-order valence-electron chi connectivity index (χ3n) is 7.35. The molecule has 1 aromatic carbocycles. The van der Waals surface area contributed by atoms with Gasteiger partial charge in [-0.15, -0.1) is 0 Å². The zero-order chi connectivity index (χ0) is 24.7. The zero-order valence-corrected chi connectivity index (χ0v) is 18.8. The lowest BCUT2D eigenvalue weighted by atomic mass is 9.70. The minimum Gasteiger partial charge on any atom is -0.376 e. The number of benzene rings is 1. The standard InChI is InChI=1S/C24H28F2N4O4/c1-23(34,15-5-3-2-4-6-15)22(33)30-17-7-8-18(24(25,26)12-17)19(30)21(32)29-16(13-27)11-14-9-10-28-20(14)31/h2-6,14,16-19,34H,7-12H2,1H3,(H,28,31)(H,29,32)/t14-,16-,17-,18-,19-,23+/m0/s1. The number of fused-ring (bicyclic) bond motifs is 3. The van der Waals surface area contributed by atoms with Crippen molar-refractivity contribution in [3.05, 3.63) is 35.9 Å². The monoisotopic (exact) mass is 474 g/mol. The van der Waals surface area contributed by atoms with E-state index in [-0.39, 0.29) is 24.3 Å². The highest BCUT2D eigenvalue weighted by Crippen LogP contribution is 2.50. The van der Waals surface area contributed by atoms with Crippen LogP contribution in [0.25, 0.3) is 0 Å². The van der Waals surface area contributed by atoms with Crippen LogP contribution in [0.15, 0.2) is 30.3 Å². The fourth-order valence-corrected chi connectivity index (χ4v) is 5.49. The third-order valence-corrected chi connectivity index (χ3v) is 7.35. The third kappa shape index (κ3) is 4.25. The van der Waals surface area contributed by atoms with E-state index in [0.29, 0.717) is 19.4 Å². The summed E-state index contributed by atoms with van der Waals surface area (Å²) in [5.74, 6) is -6.95. The number of halogens is 2. The average molecular weight is 475 g/mol. The first-order valence-electron chi connectivity index (χ1n) is 11.5. The van der Waals surface area contributed by atoms with Crippen LogP contribution in [-0.2, 0) is 20.0 Å². The first-order chi connectivity index (χ1) is 16.1. The van der Waals surface area contributed by atoms with Crippen molar-refractivity contribution >= 4 is 17.7 Å². The molecule has 3 aliphatic heterocycles. The maximum atomic E-state index is 14.9. The summed E-state index contributed by atoms with van der Waals surface area (Å²) in [6, 6.07) is 6.55. The number of nitrogens with zero attached hydrogens (tertiary/aromatic N) is 2. The van der Waals surface area contributed by atoms with Crippen molar-refractivity contribution in [3.8, 4) is 6.07 Å². The summed E-state index contributed by atoms with van der Waals surface area (Å²) >= 11 is 0. The number of rotatable bonds is 6. The highest BCUT2D eigenvalue weighted by Gasteiger charge is 2.62. The van der Waals surface area contributed by atoms with E-state index < -0.39 is 59.7 Å². The number of carbonyl (C=O) groups is 3. The predicted molar refractivity (Wildman–Crippen MR) is 116 cm³/mol. The molecule has 0 aromatic heterocycles. The normalized spacial score (nSPS) is 30.1. The van der Waals surface area contributed by atoms with Crippen molar-refractivity contribution in [3.63, 3.8) is 0 Å². The highest BCUT2D eigenvalue weighted by molar-refractivity contribution is 5.93. The van der Waals surface area contributed by atoms with Gasteiger partial charge in [-0.05, 0) is 38.2 Å². The summed E-state index contributed by atoms with van der Waals surface area (Å²) in [4.78, 5) is 39.8. The van der Waals surface area contributed by atoms with Crippen LogP contribution >= 0.6 is 0 Å². The Kier molecular flexibility index (Phi) is 6.34. The molecule has 1 saturated carbocycles. The van der Waals surface area contributed by atoms with Gasteiger partial charge in [-0.25, -0.2) is 8.78 Å². The number of hydrogen-bond donors (Lipinski definition) is 3. The summed E-state index contributed by atoms with van der Waals surface area (Å²) in [5.41, 5.74) is -1.74. The van der Waals surface area contributed by atoms with Crippen LogP contribution in [-0.4, -0.2) is 58.3 Å². The molecule has 4 fully saturated rings. The van der Waals surface area contributed by atoms with E-state index in [9.17, 15) is 33.5 Å². The van der Waals surface area contributed by atoms with Gasteiger partial charge in [0, 0.05) is 24.9 Å². The molecular formula is C24H28F2N4O4. The number of hydrogen-bond acceptors (Lipinski definition) is 5. The molecule has 10 heteroatoms. The molecule has 2 bridgehead atoms. The number of carbonyl (C=O) groups excluding carboxylic acids is 3. The van der Waals surface area contributed by atoms with Crippen molar-refractivity contribution in [2.45, 2.75) is 68.7 Å². The zero-order valence-electron chi connectivity index (χ0n) is 18.8. The van der Waals surface area contributed by atoms with Gasteiger partial charge >= 0.3 is 0 Å². The number of aliphatic hydroxyl groups is 1. The lowest BCUT2D eigenvalue weighted by molar-refractivity contribution is -0.203. The second-order valence-corrected chi connectivity index (χ2v) is 9.60. The molecule has 5 rings (SSSR count). The minimum absolute atomic E-state index is 0.0509. The molecule has 4 aliphatic rings. The van der Waals surface area contributed by atoms with E-state index >= 15 is 0 Å². The lowest BCUT2D eigenvalue weighted by Gasteiger charge is -2.54. The Bertz CT molecular complexity index is 1010. The SMILES string of the molecule is C[C@](O)(C(=O)N1[C@H]2CC[C@@H]([C@H]1C(=O)N[C@H](C#N)C[C@@H]1CCNC1=O)C(F)(F)C2)c1ccccc1. The Hall–Kier alpha value is -3.06. The van der Waals surface area contributed by atoms with Gasteiger partial charge in [-0.3, -0.25) is 14.4 Å². The van der Waals surface area contributed by atoms with E-state index in [4.69, 9.17) is 0 Å². The molecule has 182 valence electrons. The quantitative estimate of drug-likeness (QED) is 0.576. The maximum absolute atomic E-state index is 14.9. The molecule has 34 heavy (non-hydrogen) atoms. The number of nitrogens with one attached hydrogen (secondary N) is 2. The van der Waals surface area contributed by atoms with Gasteiger partial charge in [-0.1, -0.05) is 30.3 Å². The van der Waals surface area contributed by atoms with Gasteiger partial charge < -0.3 is 20.6 Å². The van der Waals surface area contributed by atoms with Crippen LogP contribution in [0.1, 0.15) is 44.6 Å². The van der Waals surface area contributed by atoms with Crippen molar-refractivity contribution in [2.75, 3.05) is 6.54 Å². The molecule has 3 heterocycles.